The Labute approximate surface area is 147 Å². The van der Waals surface area contributed by atoms with Crippen molar-refractivity contribution >= 4 is 17.6 Å². The molecule has 26 heavy (non-hydrogen) atoms. The Morgan fingerprint density at radius 1 is 1.12 bits per heavy atom. The monoisotopic (exact) mass is 358 g/mol. The summed E-state index contributed by atoms with van der Waals surface area (Å²) in [4.78, 5) is 33.8. The van der Waals surface area contributed by atoms with Gasteiger partial charge in [0.25, 0.3) is 11.6 Å². The summed E-state index contributed by atoms with van der Waals surface area (Å²) in [6.45, 7) is -0.244. The van der Waals surface area contributed by atoms with Gasteiger partial charge in [-0.1, -0.05) is 0 Å². The van der Waals surface area contributed by atoms with E-state index in [1.807, 2.05) is 0 Å². The Morgan fingerprint density at radius 3 is 2.58 bits per heavy atom. The van der Waals surface area contributed by atoms with Gasteiger partial charge in [0.2, 0.25) is 6.79 Å². The smallest absolute Gasteiger partial charge is 0.325 e. The van der Waals surface area contributed by atoms with E-state index < -0.39 is 16.8 Å². The second-order valence-electron chi connectivity index (χ2n) is 5.33. The van der Waals surface area contributed by atoms with Crippen LogP contribution in [0, 0.1) is 10.1 Å². The van der Waals surface area contributed by atoms with Crippen LogP contribution >= 0.6 is 0 Å². The van der Waals surface area contributed by atoms with Gasteiger partial charge in [-0.2, -0.15) is 0 Å². The van der Waals surface area contributed by atoms with Crippen molar-refractivity contribution in [3.05, 3.63) is 63.7 Å². The molecule has 0 aliphatic carbocycles. The molecule has 134 valence electrons. The van der Waals surface area contributed by atoms with Gasteiger partial charge in [0.05, 0.1) is 4.92 Å². The fraction of sp³-hybridized carbons (Fsp3) is 0.176. The van der Waals surface area contributed by atoms with Gasteiger partial charge in [-0.25, -0.2) is 0 Å². The van der Waals surface area contributed by atoms with Crippen LogP contribution in [0.2, 0.25) is 0 Å². The summed E-state index contributed by atoms with van der Waals surface area (Å²) < 4.78 is 15.4. The first-order valence-electron chi connectivity index (χ1n) is 7.60. The Hall–Kier alpha value is -3.62. The first-order valence-corrected chi connectivity index (χ1v) is 7.60. The summed E-state index contributed by atoms with van der Waals surface area (Å²) in [6, 6.07) is 10.3. The van der Waals surface area contributed by atoms with Crippen LogP contribution in [-0.2, 0) is 16.1 Å². The quantitative estimate of drug-likeness (QED) is 0.475. The molecule has 0 aromatic heterocycles. The van der Waals surface area contributed by atoms with Crippen molar-refractivity contribution < 1.29 is 28.7 Å². The third-order valence-electron chi connectivity index (χ3n) is 3.58. The molecule has 0 saturated heterocycles. The number of nitrogens with one attached hydrogen (secondary N) is 1. The lowest BCUT2D eigenvalue weighted by Gasteiger charge is -2.07. The maximum absolute atomic E-state index is 12.0. The molecule has 0 atom stereocenters. The molecule has 2 aromatic rings. The van der Waals surface area contributed by atoms with Gasteiger partial charge in [-0.05, 0) is 35.9 Å². The van der Waals surface area contributed by atoms with E-state index >= 15 is 0 Å². The highest BCUT2D eigenvalue weighted by Crippen LogP contribution is 2.32. The van der Waals surface area contributed by atoms with Gasteiger partial charge >= 0.3 is 5.97 Å². The zero-order chi connectivity index (χ0) is 18.5. The van der Waals surface area contributed by atoms with Crippen molar-refractivity contribution in [1.29, 1.82) is 0 Å². The molecule has 0 bridgehead atoms. The summed E-state index contributed by atoms with van der Waals surface area (Å²) in [5.74, 6) is -0.0458. The largest absolute Gasteiger partial charge is 0.460 e. The second-order valence-corrected chi connectivity index (χ2v) is 5.33. The predicted octanol–water partition coefficient (Wildman–Crippen LogP) is 1.80. The normalized spacial score (nSPS) is 11.7. The zero-order valence-corrected chi connectivity index (χ0v) is 13.5. The summed E-state index contributed by atoms with van der Waals surface area (Å²) in [5, 5.41) is 13.0. The first kappa shape index (κ1) is 17.2. The number of amides is 1. The highest BCUT2D eigenvalue weighted by atomic mass is 16.7. The van der Waals surface area contributed by atoms with Crippen molar-refractivity contribution in [3.63, 3.8) is 0 Å². The molecule has 2 aromatic carbocycles. The number of hydrogen-bond donors (Lipinski definition) is 1. The van der Waals surface area contributed by atoms with Gasteiger partial charge in [0.1, 0.15) is 13.2 Å². The van der Waals surface area contributed by atoms with E-state index in [0.29, 0.717) is 22.6 Å². The van der Waals surface area contributed by atoms with E-state index in [2.05, 4.69) is 5.32 Å². The molecule has 3 rings (SSSR count). The Morgan fingerprint density at radius 2 is 1.85 bits per heavy atom. The van der Waals surface area contributed by atoms with Crippen LogP contribution < -0.4 is 14.8 Å². The van der Waals surface area contributed by atoms with Crippen molar-refractivity contribution in [3.8, 4) is 11.5 Å². The number of nitro groups is 1. The van der Waals surface area contributed by atoms with Crippen molar-refractivity contribution in [2.75, 3.05) is 13.3 Å². The molecular weight excluding hydrogens is 344 g/mol. The van der Waals surface area contributed by atoms with Crippen LogP contribution in [0.25, 0.3) is 0 Å². The number of hydrogen-bond acceptors (Lipinski definition) is 7. The van der Waals surface area contributed by atoms with Gasteiger partial charge in [0.15, 0.2) is 11.5 Å². The minimum absolute atomic E-state index is 0.0449. The summed E-state index contributed by atoms with van der Waals surface area (Å²) in [6.07, 6.45) is 0. The number of nitro benzene ring substituents is 1. The van der Waals surface area contributed by atoms with Gasteiger partial charge < -0.3 is 19.5 Å². The van der Waals surface area contributed by atoms with Crippen LogP contribution in [0.3, 0.4) is 0 Å². The van der Waals surface area contributed by atoms with E-state index in [0.717, 1.165) is 0 Å². The maximum Gasteiger partial charge on any atom is 0.325 e. The number of benzene rings is 2. The molecule has 1 aliphatic rings. The lowest BCUT2D eigenvalue weighted by Crippen LogP contribution is -2.30. The van der Waals surface area contributed by atoms with E-state index in [-0.39, 0.29) is 25.6 Å². The standard InChI is InChI=1S/C17H14N2O7/c20-16(24-9-11-1-4-13(5-2-11)19(22)23)8-18-17(21)12-3-6-14-15(7-12)26-10-25-14/h1-7H,8-10H2,(H,18,21). The highest BCUT2D eigenvalue weighted by Gasteiger charge is 2.16. The van der Waals surface area contributed by atoms with E-state index in [1.54, 1.807) is 12.1 Å². The predicted molar refractivity (Wildman–Crippen MR) is 87.8 cm³/mol. The van der Waals surface area contributed by atoms with E-state index in [9.17, 15) is 19.7 Å². The Bertz CT molecular complexity index is 849. The highest BCUT2D eigenvalue weighted by molar-refractivity contribution is 5.96. The van der Waals surface area contributed by atoms with Gasteiger partial charge in [-0.15, -0.1) is 0 Å². The van der Waals surface area contributed by atoms with E-state index in [4.69, 9.17) is 14.2 Å². The third-order valence-corrected chi connectivity index (χ3v) is 3.58. The van der Waals surface area contributed by atoms with Crippen LogP contribution in [0.15, 0.2) is 42.5 Å². The average Bonchev–Trinajstić information content (AvgIpc) is 3.12. The number of non-ortho nitro benzene ring substituents is 1. The van der Waals surface area contributed by atoms with Crippen molar-refractivity contribution in [2.24, 2.45) is 0 Å². The molecule has 9 heteroatoms. The fourth-order valence-electron chi connectivity index (χ4n) is 2.22. The number of carbonyl (C=O) groups is 2. The summed E-state index contributed by atoms with van der Waals surface area (Å²) in [7, 11) is 0. The molecule has 0 unspecified atom stereocenters. The minimum atomic E-state index is -0.627. The Kier molecular flexibility index (Phi) is 4.97. The number of esters is 1. The molecule has 1 N–H and O–H groups in total. The molecule has 1 aliphatic heterocycles. The van der Waals surface area contributed by atoms with Gasteiger partial charge in [0, 0.05) is 17.7 Å². The zero-order valence-electron chi connectivity index (χ0n) is 13.5. The molecule has 1 amide bonds. The number of nitrogens with zero attached hydrogens (tertiary/aromatic N) is 1. The Balaban J connectivity index is 1.46. The third kappa shape index (κ3) is 4.07. The molecule has 0 saturated carbocycles. The topological polar surface area (TPSA) is 117 Å². The fourth-order valence-corrected chi connectivity index (χ4v) is 2.22. The molecule has 1 heterocycles. The van der Waals surface area contributed by atoms with Crippen LogP contribution in [0.5, 0.6) is 11.5 Å². The first-order chi connectivity index (χ1) is 12.5. The number of carbonyl (C=O) groups excluding carboxylic acids is 2. The lowest BCUT2D eigenvalue weighted by molar-refractivity contribution is -0.384. The molecular formula is C17H14N2O7. The molecule has 0 spiro atoms. The van der Waals surface area contributed by atoms with Crippen LogP contribution in [0.1, 0.15) is 15.9 Å². The lowest BCUT2D eigenvalue weighted by atomic mass is 10.2. The van der Waals surface area contributed by atoms with Crippen molar-refractivity contribution in [2.45, 2.75) is 6.61 Å². The molecule has 0 radical (unpaired) electrons. The molecule has 0 fully saturated rings. The van der Waals surface area contributed by atoms with Crippen molar-refractivity contribution in [1.82, 2.24) is 5.32 Å². The SMILES string of the molecule is O=C(CNC(=O)c1ccc2c(c1)OCO2)OCc1ccc([N+](=O)[O-])cc1. The molecule has 9 nitrogen and oxygen atoms in total. The van der Waals surface area contributed by atoms with Crippen LogP contribution in [0.4, 0.5) is 5.69 Å². The number of ether oxygens (including phenoxy) is 3. The average molecular weight is 358 g/mol. The second kappa shape index (κ2) is 7.51. The van der Waals surface area contributed by atoms with Gasteiger partial charge in [-0.3, -0.25) is 19.7 Å². The summed E-state index contributed by atoms with van der Waals surface area (Å²) in [5.41, 5.74) is 0.888. The van der Waals surface area contributed by atoms with Crippen LogP contribution in [-0.4, -0.2) is 30.1 Å². The minimum Gasteiger partial charge on any atom is -0.460 e. The number of rotatable bonds is 6. The maximum atomic E-state index is 12.0. The summed E-state index contributed by atoms with van der Waals surface area (Å²) >= 11 is 0. The number of fused-ring (bicyclic) bond motifs is 1. The van der Waals surface area contributed by atoms with E-state index in [1.165, 1.54) is 30.3 Å².